The summed E-state index contributed by atoms with van der Waals surface area (Å²) in [5, 5.41) is 3.80. The van der Waals surface area contributed by atoms with Gasteiger partial charge in [-0.05, 0) is 97.5 Å². The number of aryl methyl sites for hydroxylation is 1. The fourth-order valence-corrected chi connectivity index (χ4v) is 5.87. The molecule has 172 valence electrons. The van der Waals surface area contributed by atoms with Gasteiger partial charge in [0.1, 0.15) is 5.00 Å². The number of aliphatic imine (C=N–C) groups is 1. The van der Waals surface area contributed by atoms with Crippen molar-refractivity contribution in [1.82, 2.24) is 0 Å². The highest BCUT2D eigenvalue weighted by Crippen LogP contribution is 2.40. The lowest BCUT2D eigenvalue weighted by Gasteiger charge is -2.15. The summed E-state index contributed by atoms with van der Waals surface area (Å²) in [6.07, 6.45) is 6.05. The van der Waals surface area contributed by atoms with Gasteiger partial charge in [0.2, 0.25) is 0 Å². The molecule has 0 spiro atoms. The second kappa shape index (κ2) is 10.7. The van der Waals surface area contributed by atoms with Crippen molar-refractivity contribution >= 4 is 56.7 Å². The van der Waals surface area contributed by atoms with Gasteiger partial charge in [-0.15, -0.1) is 11.3 Å². The van der Waals surface area contributed by atoms with Crippen LogP contribution in [0.3, 0.4) is 0 Å². The van der Waals surface area contributed by atoms with Gasteiger partial charge >= 0.3 is 0 Å². The van der Waals surface area contributed by atoms with Crippen LogP contribution in [0.2, 0.25) is 0 Å². The fraction of sp³-hybridized carbons (Fsp3) is 0.308. The number of carbonyl (C=O) groups excluding carboxylic acids is 1. The second-order valence-corrected chi connectivity index (χ2v) is 10.4. The number of hydrogen-bond acceptors (Lipinski definition) is 5. The molecule has 3 aromatic rings. The Morgan fingerprint density at radius 1 is 1.18 bits per heavy atom. The number of rotatable bonds is 7. The summed E-state index contributed by atoms with van der Waals surface area (Å²) in [6.45, 7) is 3.98. The summed E-state index contributed by atoms with van der Waals surface area (Å²) >= 11 is 3.88. The van der Waals surface area contributed by atoms with Crippen LogP contribution in [0, 0.1) is 3.57 Å². The number of fused-ring (bicyclic) bond motifs is 1. The summed E-state index contributed by atoms with van der Waals surface area (Å²) in [7, 11) is 1.64. The Balaban J connectivity index is 1.67. The highest BCUT2D eigenvalue weighted by Gasteiger charge is 2.25. The van der Waals surface area contributed by atoms with Crippen molar-refractivity contribution in [3.8, 4) is 11.5 Å². The molecular formula is C26H27IN2O3S. The molecule has 5 nitrogen and oxygen atoms in total. The van der Waals surface area contributed by atoms with Crippen molar-refractivity contribution in [2.45, 2.75) is 45.6 Å². The molecule has 1 aromatic heterocycles. The van der Waals surface area contributed by atoms with Crippen molar-refractivity contribution in [2.75, 3.05) is 12.4 Å². The largest absolute Gasteiger partial charge is 0.493 e. The van der Waals surface area contributed by atoms with Crippen molar-refractivity contribution in [3.63, 3.8) is 0 Å². The monoisotopic (exact) mass is 574 g/mol. The quantitative estimate of drug-likeness (QED) is 0.244. The Morgan fingerprint density at radius 3 is 2.67 bits per heavy atom. The number of anilines is 1. The first-order valence-electron chi connectivity index (χ1n) is 11.1. The summed E-state index contributed by atoms with van der Waals surface area (Å²) < 4.78 is 12.4. The molecule has 0 atom stereocenters. The van der Waals surface area contributed by atoms with E-state index in [4.69, 9.17) is 14.5 Å². The molecule has 0 unspecified atom stereocenters. The third-order valence-electron chi connectivity index (χ3n) is 5.35. The number of hydrogen-bond donors (Lipinski definition) is 1. The van der Waals surface area contributed by atoms with Crippen LogP contribution >= 0.6 is 33.9 Å². The van der Waals surface area contributed by atoms with Crippen LogP contribution in [0.1, 0.15) is 53.1 Å². The van der Waals surface area contributed by atoms with Crippen molar-refractivity contribution in [1.29, 1.82) is 0 Å². The Labute approximate surface area is 212 Å². The van der Waals surface area contributed by atoms with E-state index in [1.807, 2.05) is 56.3 Å². The maximum atomic E-state index is 13.3. The molecule has 7 heteroatoms. The highest BCUT2D eigenvalue weighted by molar-refractivity contribution is 14.1. The van der Waals surface area contributed by atoms with Gasteiger partial charge in [0.15, 0.2) is 11.5 Å². The molecule has 1 amide bonds. The maximum Gasteiger partial charge on any atom is 0.259 e. The Kier molecular flexibility index (Phi) is 7.70. The van der Waals surface area contributed by atoms with Gasteiger partial charge < -0.3 is 14.8 Å². The zero-order valence-electron chi connectivity index (χ0n) is 19.0. The van der Waals surface area contributed by atoms with Crippen molar-refractivity contribution < 1.29 is 14.3 Å². The SMILES string of the molecule is COc1cc(/C=N/c2sc3c(c2C(=O)Nc2ccccc2)CCCC3)cc(I)c1OC(C)C. The zero-order chi connectivity index (χ0) is 23.4. The standard InChI is InChI=1S/C26H27IN2O3S/c1-16(2)32-24-20(27)13-17(14-21(24)31-3)15-28-26-23(19-11-7-8-12-22(19)33-26)25(30)29-18-9-5-4-6-10-18/h4-6,9-10,13-16H,7-8,11-12H2,1-3H3,(H,29,30)/b28-15+. The maximum absolute atomic E-state index is 13.3. The molecule has 0 saturated heterocycles. The lowest BCUT2D eigenvalue weighted by molar-refractivity contribution is 0.102. The number of nitrogens with zero attached hydrogens (tertiary/aromatic N) is 1. The molecule has 1 aliphatic carbocycles. The topological polar surface area (TPSA) is 59.9 Å². The first-order valence-corrected chi connectivity index (χ1v) is 12.9. The van der Waals surface area contributed by atoms with Gasteiger partial charge in [0.25, 0.3) is 5.91 Å². The summed E-state index contributed by atoms with van der Waals surface area (Å²) in [5.41, 5.74) is 3.54. The lowest BCUT2D eigenvalue weighted by atomic mass is 9.95. The third kappa shape index (κ3) is 5.58. The lowest BCUT2D eigenvalue weighted by Crippen LogP contribution is -2.14. The predicted octanol–water partition coefficient (Wildman–Crippen LogP) is 7.03. The molecule has 2 aromatic carbocycles. The number of nitrogens with one attached hydrogen (secondary N) is 1. The van der Waals surface area contributed by atoms with Gasteiger partial charge in [-0.25, -0.2) is 4.99 Å². The van der Waals surface area contributed by atoms with E-state index in [-0.39, 0.29) is 12.0 Å². The molecule has 0 bridgehead atoms. The van der Waals surface area contributed by atoms with E-state index >= 15 is 0 Å². The molecule has 0 radical (unpaired) electrons. The van der Waals surface area contributed by atoms with Gasteiger partial charge in [-0.2, -0.15) is 0 Å². The molecule has 4 rings (SSSR count). The highest BCUT2D eigenvalue weighted by atomic mass is 127. The van der Waals surface area contributed by atoms with Gasteiger partial charge in [0.05, 0.1) is 22.3 Å². The van der Waals surface area contributed by atoms with E-state index in [1.54, 1.807) is 24.7 Å². The molecule has 0 saturated carbocycles. The van der Waals surface area contributed by atoms with Crippen LogP contribution in [0.15, 0.2) is 47.5 Å². The number of ether oxygens (including phenoxy) is 2. The fourth-order valence-electron chi connectivity index (χ4n) is 3.89. The average Bonchev–Trinajstić information content (AvgIpc) is 3.18. The van der Waals surface area contributed by atoms with Crippen LogP contribution in [-0.4, -0.2) is 25.3 Å². The van der Waals surface area contributed by atoms with E-state index in [0.717, 1.165) is 56.8 Å². The number of amides is 1. The summed E-state index contributed by atoms with van der Waals surface area (Å²) in [5.74, 6) is 1.31. The molecule has 33 heavy (non-hydrogen) atoms. The van der Waals surface area contributed by atoms with E-state index in [1.165, 1.54) is 4.88 Å². The first-order chi connectivity index (χ1) is 16.0. The Hall–Kier alpha value is -2.39. The van der Waals surface area contributed by atoms with Crippen LogP contribution in [0.4, 0.5) is 10.7 Å². The zero-order valence-corrected chi connectivity index (χ0v) is 22.0. The van der Waals surface area contributed by atoms with E-state index in [2.05, 4.69) is 27.9 Å². The molecule has 1 N–H and O–H groups in total. The number of thiophene rings is 1. The predicted molar refractivity (Wildman–Crippen MR) is 144 cm³/mol. The summed E-state index contributed by atoms with van der Waals surface area (Å²) in [4.78, 5) is 19.3. The minimum absolute atomic E-state index is 0.0510. The summed E-state index contributed by atoms with van der Waals surface area (Å²) in [6, 6.07) is 13.5. The van der Waals surface area contributed by atoms with Gasteiger partial charge in [-0.3, -0.25) is 4.79 Å². The third-order valence-corrected chi connectivity index (χ3v) is 7.35. The number of benzene rings is 2. The van der Waals surface area contributed by atoms with Crippen molar-refractivity contribution in [3.05, 3.63) is 67.6 Å². The molecule has 0 fully saturated rings. The molecular weight excluding hydrogens is 547 g/mol. The minimum atomic E-state index is -0.0967. The van der Waals surface area contributed by atoms with Gasteiger partial charge in [0, 0.05) is 16.8 Å². The molecule has 0 aliphatic heterocycles. The number of halogens is 1. The van der Waals surface area contributed by atoms with Gasteiger partial charge in [-0.1, -0.05) is 18.2 Å². The smallest absolute Gasteiger partial charge is 0.259 e. The van der Waals surface area contributed by atoms with Crippen LogP contribution in [-0.2, 0) is 12.8 Å². The molecule has 1 heterocycles. The van der Waals surface area contributed by atoms with E-state index < -0.39 is 0 Å². The van der Waals surface area contributed by atoms with Crippen molar-refractivity contribution in [2.24, 2.45) is 4.99 Å². The first kappa shape index (κ1) is 23.8. The number of para-hydroxylation sites is 1. The average molecular weight is 574 g/mol. The van der Waals surface area contributed by atoms with E-state index in [0.29, 0.717) is 11.3 Å². The van der Waals surface area contributed by atoms with Crippen LogP contribution in [0.25, 0.3) is 0 Å². The normalized spacial score (nSPS) is 13.2. The number of carbonyl (C=O) groups is 1. The minimum Gasteiger partial charge on any atom is -0.493 e. The van der Waals surface area contributed by atoms with Crippen LogP contribution in [0.5, 0.6) is 11.5 Å². The molecule has 1 aliphatic rings. The van der Waals surface area contributed by atoms with E-state index in [9.17, 15) is 4.79 Å². The van der Waals surface area contributed by atoms with Crippen LogP contribution < -0.4 is 14.8 Å². The Bertz CT molecular complexity index is 1170. The second-order valence-electron chi connectivity index (χ2n) is 8.17. The Morgan fingerprint density at radius 2 is 1.94 bits per heavy atom. The number of methoxy groups -OCH3 is 1.